The Kier molecular flexibility index (Phi) is 9.16. The first-order valence-corrected chi connectivity index (χ1v) is 8.21. The number of benzene rings is 2. The van der Waals surface area contributed by atoms with Crippen LogP contribution in [0.4, 0.5) is 18.9 Å². The summed E-state index contributed by atoms with van der Waals surface area (Å²) in [5.74, 6) is 0.496. The highest BCUT2D eigenvalue weighted by atomic mass is 127. The molecule has 2 aromatic rings. The van der Waals surface area contributed by atoms with Crippen LogP contribution < -0.4 is 10.6 Å². The topological polar surface area (TPSA) is 79.6 Å². The molecule has 0 saturated carbocycles. The molecule has 28 heavy (non-hydrogen) atoms. The Morgan fingerprint density at radius 2 is 1.61 bits per heavy atom. The van der Waals surface area contributed by atoms with Crippen molar-refractivity contribution in [1.82, 2.24) is 10.6 Å². The van der Waals surface area contributed by atoms with Crippen molar-refractivity contribution in [2.45, 2.75) is 26.2 Å². The average molecular weight is 508 g/mol. The molecule has 0 heterocycles. The van der Waals surface area contributed by atoms with Crippen LogP contribution in [0.2, 0.25) is 0 Å². The minimum Gasteiger partial charge on any atom is -0.357 e. The van der Waals surface area contributed by atoms with Crippen molar-refractivity contribution in [3.8, 4) is 0 Å². The first-order valence-electron chi connectivity index (χ1n) is 8.21. The third kappa shape index (κ3) is 7.33. The zero-order valence-electron chi connectivity index (χ0n) is 15.0. The SMILES string of the molecule is CCNC(=NCc1ccc(C(F)(F)F)cc1)NCc1ccc([N+](=O)[O-])cc1.I. The summed E-state index contributed by atoms with van der Waals surface area (Å²) >= 11 is 0. The second kappa shape index (κ2) is 10.8. The summed E-state index contributed by atoms with van der Waals surface area (Å²) in [6.07, 6.45) is -4.36. The van der Waals surface area contributed by atoms with Crippen LogP contribution in [0.25, 0.3) is 0 Å². The van der Waals surface area contributed by atoms with Crippen LogP contribution in [-0.2, 0) is 19.3 Å². The van der Waals surface area contributed by atoms with Gasteiger partial charge in [-0.25, -0.2) is 4.99 Å². The maximum absolute atomic E-state index is 12.6. The smallest absolute Gasteiger partial charge is 0.357 e. The number of hydrogen-bond donors (Lipinski definition) is 2. The molecule has 0 aliphatic rings. The van der Waals surface area contributed by atoms with Crippen LogP contribution in [0.1, 0.15) is 23.6 Å². The number of alkyl halides is 3. The van der Waals surface area contributed by atoms with Gasteiger partial charge in [-0.05, 0) is 30.2 Å². The second-order valence-electron chi connectivity index (χ2n) is 5.67. The lowest BCUT2D eigenvalue weighted by Crippen LogP contribution is -2.36. The first-order chi connectivity index (χ1) is 12.8. The number of rotatable bonds is 6. The number of aliphatic imine (C=N–C) groups is 1. The normalized spacial score (nSPS) is 11.5. The van der Waals surface area contributed by atoms with Gasteiger partial charge in [-0.3, -0.25) is 10.1 Å². The molecular weight excluding hydrogens is 488 g/mol. The third-order valence-electron chi connectivity index (χ3n) is 3.65. The molecule has 0 bridgehead atoms. The highest BCUT2D eigenvalue weighted by Gasteiger charge is 2.29. The molecule has 152 valence electrons. The molecule has 0 spiro atoms. The molecule has 0 aliphatic carbocycles. The molecule has 2 N–H and O–H groups in total. The van der Waals surface area contributed by atoms with E-state index in [4.69, 9.17) is 0 Å². The van der Waals surface area contributed by atoms with Gasteiger partial charge in [0.15, 0.2) is 5.96 Å². The number of nitro groups is 1. The van der Waals surface area contributed by atoms with E-state index in [-0.39, 0.29) is 36.2 Å². The molecule has 2 aromatic carbocycles. The van der Waals surface area contributed by atoms with Gasteiger partial charge in [0.2, 0.25) is 0 Å². The Hall–Kier alpha value is -2.37. The molecule has 0 radical (unpaired) electrons. The molecule has 6 nitrogen and oxygen atoms in total. The molecular formula is C18H20F3IN4O2. The fraction of sp³-hybridized carbons (Fsp3) is 0.278. The zero-order chi connectivity index (χ0) is 19.9. The molecule has 0 fully saturated rings. The Balaban J connectivity index is 0.00000392. The highest BCUT2D eigenvalue weighted by Crippen LogP contribution is 2.29. The van der Waals surface area contributed by atoms with Gasteiger partial charge >= 0.3 is 6.18 Å². The average Bonchev–Trinajstić information content (AvgIpc) is 2.64. The van der Waals surface area contributed by atoms with E-state index in [9.17, 15) is 23.3 Å². The van der Waals surface area contributed by atoms with Gasteiger partial charge in [0, 0.05) is 25.2 Å². The summed E-state index contributed by atoms with van der Waals surface area (Å²) in [6, 6.07) is 11.0. The van der Waals surface area contributed by atoms with Gasteiger partial charge in [-0.1, -0.05) is 24.3 Å². The third-order valence-corrected chi connectivity index (χ3v) is 3.65. The summed E-state index contributed by atoms with van der Waals surface area (Å²) in [6.45, 7) is 3.12. The van der Waals surface area contributed by atoms with Gasteiger partial charge < -0.3 is 10.6 Å². The minimum absolute atomic E-state index is 0. The Labute approximate surface area is 177 Å². The van der Waals surface area contributed by atoms with Crippen LogP contribution in [0.5, 0.6) is 0 Å². The van der Waals surface area contributed by atoms with Gasteiger partial charge in [0.25, 0.3) is 5.69 Å². The van der Waals surface area contributed by atoms with Crippen LogP contribution in [0.15, 0.2) is 53.5 Å². The van der Waals surface area contributed by atoms with Gasteiger partial charge in [-0.15, -0.1) is 24.0 Å². The lowest BCUT2D eigenvalue weighted by Gasteiger charge is -2.12. The van der Waals surface area contributed by atoms with Crippen molar-refractivity contribution >= 4 is 35.6 Å². The summed E-state index contributed by atoms with van der Waals surface area (Å²) in [7, 11) is 0. The zero-order valence-corrected chi connectivity index (χ0v) is 17.3. The summed E-state index contributed by atoms with van der Waals surface area (Å²) in [5, 5.41) is 16.8. The van der Waals surface area contributed by atoms with E-state index in [0.29, 0.717) is 24.6 Å². The maximum Gasteiger partial charge on any atom is 0.416 e. The van der Waals surface area contributed by atoms with Crippen molar-refractivity contribution in [2.24, 2.45) is 4.99 Å². The van der Waals surface area contributed by atoms with Gasteiger partial charge in [0.05, 0.1) is 17.0 Å². The monoisotopic (exact) mass is 508 g/mol. The number of non-ortho nitro benzene ring substituents is 1. The number of nitro benzene ring substituents is 1. The Bertz CT molecular complexity index is 794. The molecule has 0 saturated heterocycles. The van der Waals surface area contributed by atoms with Crippen LogP contribution in [0.3, 0.4) is 0 Å². The second-order valence-corrected chi connectivity index (χ2v) is 5.67. The van der Waals surface area contributed by atoms with Crippen LogP contribution in [0, 0.1) is 10.1 Å². The van der Waals surface area contributed by atoms with Crippen molar-refractivity contribution in [3.63, 3.8) is 0 Å². The van der Waals surface area contributed by atoms with Gasteiger partial charge in [0.1, 0.15) is 0 Å². The van der Waals surface area contributed by atoms with Crippen molar-refractivity contribution < 1.29 is 18.1 Å². The lowest BCUT2D eigenvalue weighted by atomic mass is 10.1. The standard InChI is InChI=1S/C18H19F3N4O2.HI/c1-2-22-17(24-12-14-5-9-16(10-6-14)25(26)27)23-11-13-3-7-15(8-4-13)18(19,20)21;/h3-10H,2,11-12H2,1H3,(H2,22,23,24);1H. The molecule has 0 atom stereocenters. The molecule has 0 amide bonds. The van der Waals surface area contributed by atoms with Crippen molar-refractivity contribution in [2.75, 3.05) is 6.54 Å². The number of guanidine groups is 1. The quantitative estimate of drug-likeness (QED) is 0.198. The summed E-state index contributed by atoms with van der Waals surface area (Å²) < 4.78 is 37.7. The molecule has 0 aromatic heterocycles. The van der Waals surface area contributed by atoms with Crippen molar-refractivity contribution in [3.05, 3.63) is 75.3 Å². The molecule has 10 heteroatoms. The first kappa shape index (κ1) is 23.7. The lowest BCUT2D eigenvalue weighted by molar-refractivity contribution is -0.384. The number of nitrogens with zero attached hydrogens (tertiary/aromatic N) is 2. The van der Waals surface area contributed by atoms with Crippen molar-refractivity contribution in [1.29, 1.82) is 0 Å². The fourth-order valence-electron chi connectivity index (χ4n) is 2.23. The number of hydrogen-bond acceptors (Lipinski definition) is 3. The summed E-state index contributed by atoms with van der Waals surface area (Å²) in [4.78, 5) is 14.5. The van der Waals surface area contributed by atoms with E-state index in [1.54, 1.807) is 12.1 Å². The van der Waals surface area contributed by atoms with E-state index in [0.717, 1.165) is 17.7 Å². The van der Waals surface area contributed by atoms with Gasteiger partial charge in [-0.2, -0.15) is 13.2 Å². The van der Waals surface area contributed by atoms with E-state index in [2.05, 4.69) is 15.6 Å². The Morgan fingerprint density at radius 3 is 2.11 bits per heavy atom. The predicted molar refractivity (Wildman–Crippen MR) is 112 cm³/mol. The van der Waals surface area contributed by atoms with Crippen LogP contribution >= 0.6 is 24.0 Å². The van der Waals surface area contributed by atoms with E-state index < -0.39 is 16.7 Å². The van der Waals surface area contributed by atoms with Crippen LogP contribution in [-0.4, -0.2) is 17.4 Å². The van der Waals surface area contributed by atoms with E-state index >= 15 is 0 Å². The predicted octanol–water partition coefficient (Wildman–Crippen LogP) is 4.49. The highest BCUT2D eigenvalue weighted by molar-refractivity contribution is 14.0. The minimum atomic E-state index is -4.36. The Morgan fingerprint density at radius 1 is 1.04 bits per heavy atom. The largest absolute Gasteiger partial charge is 0.416 e. The molecule has 2 rings (SSSR count). The van der Waals surface area contributed by atoms with E-state index in [1.165, 1.54) is 24.3 Å². The van der Waals surface area contributed by atoms with E-state index in [1.807, 2.05) is 6.92 Å². The maximum atomic E-state index is 12.6. The molecule has 0 aliphatic heterocycles. The fourth-order valence-corrected chi connectivity index (χ4v) is 2.23. The summed E-state index contributed by atoms with van der Waals surface area (Å²) in [5.41, 5.74) is 0.802. The molecule has 0 unspecified atom stereocenters. The number of halogens is 4. The number of nitrogens with one attached hydrogen (secondary N) is 2.